The van der Waals surface area contributed by atoms with E-state index in [0.717, 1.165) is 17.6 Å². The van der Waals surface area contributed by atoms with Crippen LogP contribution in [-0.2, 0) is 40.7 Å². The van der Waals surface area contributed by atoms with Crippen molar-refractivity contribution in [1.29, 1.82) is 0 Å². The number of sulfone groups is 1. The number of rotatable bonds is 8. The molecule has 2 aromatic carbocycles. The summed E-state index contributed by atoms with van der Waals surface area (Å²) in [6.45, 7) is 4.08. The van der Waals surface area contributed by atoms with Gasteiger partial charge in [-0.15, -0.1) is 0 Å². The minimum atomic E-state index is -3.87. The molecule has 2 heterocycles. The zero-order valence-electron chi connectivity index (χ0n) is 23.2. The molecule has 1 aliphatic rings. The summed E-state index contributed by atoms with van der Waals surface area (Å²) in [5.41, 5.74) is 0.606. The fourth-order valence-electron chi connectivity index (χ4n) is 4.25. The van der Waals surface area contributed by atoms with Crippen LogP contribution in [0, 0.1) is 0 Å². The number of amides is 2. The molecule has 2 amide bonds. The van der Waals surface area contributed by atoms with Crippen molar-refractivity contribution in [2.75, 3.05) is 45.6 Å². The van der Waals surface area contributed by atoms with Gasteiger partial charge in [0.1, 0.15) is 6.54 Å². The van der Waals surface area contributed by atoms with Crippen molar-refractivity contribution >= 4 is 59.4 Å². The largest absolute Gasteiger partial charge is 0.465 e. The van der Waals surface area contributed by atoms with E-state index in [1.807, 2.05) is 0 Å². The standard InChI is InChI=1S/C26H30N4O9S3/c1-4-38-23(31)17-30-21-11-10-20(41(3,34)35)16-22(21)40-25(30)27-24(32)18-6-8-19(9-7-18)42(36,37)29-14-12-28(13-15-29)26(33)39-5-2/h6-11,16H,4-5,12-15,17H2,1-3H3. The van der Waals surface area contributed by atoms with Crippen LogP contribution in [0.4, 0.5) is 4.79 Å². The number of carbonyl (C=O) groups is 3. The first-order valence-electron chi connectivity index (χ1n) is 12.9. The van der Waals surface area contributed by atoms with Gasteiger partial charge in [-0.25, -0.2) is 21.6 Å². The Bertz CT molecular complexity index is 1790. The van der Waals surface area contributed by atoms with Gasteiger partial charge in [0.2, 0.25) is 10.0 Å². The Kier molecular flexibility index (Phi) is 9.50. The topological polar surface area (TPSA) is 162 Å². The molecule has 0 spiro atoms. The lowest BCUT2D eigenvalue weighted by atomic mass is 10.2. The maximum absolute atomic E-state index is 13.2. The molecular formula is C26H30N4O9S3. The summed E-state index contributed by atoms with van der Waals surface area (Å²) in [5.74, 6) is -1.24. The van der Waals surface area contributed by atoms with E-state index in [0.29, 0.717) is 10.2 Å². The van der Waals surface area contributed by atoms with E-state index in [9.17, 15) is 31.2 Å². The van der Waals surface area contributed by atoms with Crippen LogP contribution < -0.4 is 4.80 Å². The highest BCUT2D eigenvalue weighted by Crippen LogP contribution is 2.23. The van der Waals surface area contributed by atoms with Crippen molar-refractivity contribution in [3.63, 3.8) is 0 Å². The Hall–Kier alpha value is -3.60. The van der Waals surface area contributed by atoms with Gasteiger partial charge in [0, 0.05) is 38.0 Å². The molecule has 1 aliphatic heterocycles. The second kappa shape index (κ2) is 12.7. The van der Waals surface area contributed by atoms with Gasteiger partial charge in [-0.1, -0.05) is 11.3 Å². The summed E-state index contributed by atoms with van der Waals surface area (Å²) < 4.78 is 63.6. The molecule has 0 atom stereocenters. The molecule has 0 radical (unpaired) electrons. The molecule has 1 aromatic heterocycles. The van der Waals surface area contributed by atoms with Gasteiger partial charge < -0.3 is 18.9 Å². The summed E-state index contributed by atoms with van der Waals surface area (Å²) in [6, 6.07) is 9.71. The van der Waals surface area contributed by atoms with Crippen LogP contribution in [0.2, 0.25) is 0 Å². The van der Waals surface area contributed by atoms with Crippen LogP contribution >= 0.6 is 11.3 Å². The van der Waals surface area contributed by atoms with Crippen LogP contribution in [0.3, 0.4) is 0 Å². The van der Waals surface area contributed by atoms with Crippen molar-refractivity contribution in [2.45, 2.75) is 30.2 Å². The molecule has 13 nitrogen and oxygen atoms in total. The number of nitrogens with zero attached hydrogens (tertiary/aromatic N) is 4. The van der Waals surface area contributed by atoms with Crippen LogP contribution in [0.5, 0.6) is 0 Å². The first-order valence-corrected chi connectivity index (χ1v) is 17.1. The molecule has 1 fully saturated rings. The SMILES string of the molecule is CCOC(=O)Cn1c(=NC(=O)c2ccc(S(=O)(=O)N3CCN(C(=O)OCC)CC3)cc2)sc2cc(S(C)(=O)=O)ccc21. The number of fused-ring (bicyclic) bond motifs is 1. The molecule has 0 bridgehead atoms. The number of ether oxygens (including phenoxy) is 2. The summed E-state index contributed by atoms with van der Waals surface area (Å²) in [7, 11) is -7.37. The predicted molar refractivity (Wildman–Crippen MR) is 153 cm³/mol. The highest BCUT2D eigenvalue weighted by molar-refractivity contribution is 7.90. The van der Waals surface area contributed by atoms with Gasteiger partial charge in [-0.2, -0.15) is 9.30 Å². The number of hydrogen-bond donors (Lipinski definition) is 0. The van der Waals surface area contributed by atoms with Crippen molar-refractivity contribution < 1.29 is 40.7 Å². The van der Waals surface area contributed by atoms with Gasteiger partial charge >= 0.3 is 12.1 Å². The van der Waals surface area contributed by atoms with Crippen molar-refractivity contribution in [2.24, 2.45) is 4.99 Å². The van der Waals surface area contributed by atoms with Crippen LogP contribution in [0.15, 0.2) is 57.2 Å². The fourth-order valence-corrected chi connectivity index (χ4v) is 7.46. The smallest absolute Gasteiger partial charge is 0.409 e. The molecule has 3 aromatic rings. The highest BCUT2D eigenvalue weighted by atomic mass is 32.2. The molecule has 42 heavy (non-hydrogen) atoms. The van der Waals surface area contributed by atoms with E-state index in [2.05, 4.69) is 4.99 Å². The number of aromatic nitrogens is 1. The molecule has 1 saturated heterocycles. The molecule has 16 heteroatoms. The molecule has 0 aliphatic carbocycles. The third kappa shape index (κ3) is 6.88. The van der Waals surface area contributed by atoms with Gasteiger partial charge in [-0.3, -0.25) is 9.59 Å². The van der Waals surface area contributed by atoms with E-state index < -0.39 is 37.8 Å². The number of hydrogen-bond acceptors (Lipinski definition) is 10. The minimum Gasteiger partial charge on any atom is -0.465 e. The van der Waals surface area contributed by atoms with Crippen LogP contribution in [0.1, 0.15) is 24.2 Å². The molecule has 0 unspecified atom stereocenters. The first-order chi connectivity index (χ1) is 19.8. The van der Waals surface area contributed by atoms with E-state index in [4.69, 9.17) is 9.47 Å². The molecule has 0 saturated carbocycles. The summed E-state index contributed by atoms with van der Waals surface area (Å²) in [4.78, 5) is 43.1. The third-order valence-electron chi connectivity index (χ3n) is 6.38. The summed E-state index contributed by atoms with van der Waals surface area (Å²) in [5, 5.41) is 0. The molecular weight excluding hydrogens is 609 g/mol. The van der Waals surface area contributed by atoms with Crippen molar-refractivity contribution in [3.05, 3.63) is 52.8 Å². The zero-order chi connectivity index (χ0) is 30.7. The zero-order valence-corrected chi connectivity index (χ0v) is 25.6. The lowest BCUT2D eigenvalue weighted by Crippen LogP contribution is -2.50. The highest BCUT2D eigenvalue weighted by Gasteiger charge is 2.30. The average molecular weight is 639 g/mol. The normalized spacial score (nSPS) is 15.1. The van der Waals surface area contributed by atoms with Gasteiger partial charge in [0.15, 0.2) is 14.6 Å². The van der Waals surface area contributed by atoms with E-state index >= 15 is 0 Å². The van der Waals surface area contributed by atoms with Gasteiger partial charge in [-0.05, 0) is 56.3 Å². The number of benzene rings is 2. The Balaban J connectivity index is 1.60. The maximum atomic E-state index is 13.2. The second-order valence-electron chi connectivity index (χ2n) is 9.21. The molecule has 0 N–H and O–H groups in total. The minimum absolute atomic E-state index is 0.0174. The average Bonchev–Trinajstić information content (AvgIpc) is 3.28. The van der Waals surface area contributed by atoms with E-state index in [1.54, 1.807) is 13.8 Å². The Morgan fingerprint density at radius 1 is 0.881 bits per heavy atom. The third-order valence-corrected chi connectivity index (χ3v) is 10.4. The number of esters is 1. The Morgan fingerprint density at radius 2 is 1.50 bits per heavy atom. The number of piperazine rings is 1. The quantitative estimate of drug-likeness (QED) is 0.335. The maximum Gasteiger partial charge on any atom is 0.409 e. The predicted octanol–water partition coefficient (Wildman–Crippen LogP) is 1.87. The van der Waals surface area contributed by atoms with Crippen molar-refractivity contribution in [1.82, 2.24) is 13.8 Å². The van der Waals surface area contributed by atoms with Crippen LogP contribution in [-0.4, -0.2) is 94.2 Å². The Labute approximate surface area is 246 Å². The van der Waals surface area contributed by atoms with E-state index in [1.165, 1.54) is 56.2 Å². The molecule has 4 rings (SSSR count). The lowest BCUT2D eigenvalue weighted by Gasteiger charge is -2.33. The monoisotopic (exact) mass is 638 g/mol. The first kappa shape index (κ1) is 31.3. The number of carbonyl (C=O) groups excluding carboxylic acids is 3. The number of sulfonamides is 1. The summed E-state index contributed by atoms with van der Waals surface area (Å²) >= 11 is 1.03. The van der Waals surface area contributed by atoms with Gasteiger partial charge in [0.25, 0.3) is 5.91 Å². The number of thiazole rings is 1. The van der Waals surface area contributed by atoms with Crippen molar-refractivity contribution in [3.8, 4) is 0 Å². The van der Waals surface area contributed by atoms with Crippen LogP contribution in [0.25, 0.3) is 10.2 Å². The van der Waals surface area contributed by atoms with Gasteiger partial charge in [0.05, 0.1) is 33.2 Å². The van der Waals surface area contributed by atoms with E-state index in [-0.39, 0.29) is 66.1 Å². The molecule has 226 valence electrons. The Morgan fingerprint density at radius 3 is 2.10 bits per heavy atom. The second-order valence-corrected chi connectivity index (χ2v) is 14.2. The fraction of sp³-hybridized carbons (Fsp3) is 0.385. The lowest BCUT2D eigenvalue weighted by molar-refractivity contribution is -0.143. The summed E-state index contributed by atoms with van der Waals surface area (Å²) in [6.07, 6.45) is 0.593.